The van der Waals surface area contributed by atoms with Crippen molar-refractivity contribution in [3.05, 3.63) is 24.0 Å². The first-order chi connectivity index (χ1) is 9.54. The minimum Gasteiger partial charge on any atom is -0.373 e. The van der Waals surface area contributed by atoms with Crippen LogP contribution in [0.2, 0.25) is 0 Å². The van der Waals surface area contributed by atoms with Gasteiger partial charge < -0.3 is 15.1 Å². The second kappa shape index (κ2) is 8.53. The Kier molecular flexibility index (Phi) is 7.01. The molecule has 0 aliphatic heterocycles. The Morgan fingerprint density at radius 1 is 1.25 bits per heavy atom. The predicted molar refractivity (Wildman–Crippen MR) is 83.3 cm³/mol. The van der Waals surface area contributed by atoms with E-state index in [1.54, 1.807) is 12.3 Å². The van der Waals surface area contributed by atoms with Crippen LogP contribution in [0.3, 0.4) is 0 Å². The molecule has 1 N–H and O–H groups in total. The van der Waals surface area contributed by atoms with Gasteiger partial charge in [-0.2, -0.15) is 0 Å². The van der Waals surface area contributed by atoms with E-state index in [4.69, 9.17) is 0 Å². The number of amides is 1. The lowest BCUT2D eigenvalue weighted by atomic mass is 10.2. The number of likely N-dealkylation sites (N-methyl/N-ethyl adjacent to an activating group) is 1. The number of carbonyl (C=O) groups excluding carboxylic acids is 1. The van der Waals surface area contributed by atoms with Crippen LogP contribution in [-0.4, -0.2) is 56.6 Å². The molecule has 0 bridgehead atoms. The summed E-state index contributed by atoms with van der Waals surface area (Å²) in [5.74, 6) is -0.116. The van der Waals surface area contributed by atoms with Gasteiger partial charge in [-0.05, 0) is 32.6 Å². The number of aromatic nitrogens is 1. The second-order valence-corrected chi connectivity index (χ2v) is 5.24. The molecule has 0 aliphatic carbocycles. The second-order valence-electron chi connectivity index (χ2n) is 5.24. The molecule has 20 heavy (non-hydrogen) atoms. The van der Waals surface area contributed by atoms with E-state index in [9.17, 15) is 4.79 Å². The SMILES string of the molecule is CCCCN(C)c1ccc(C(=O)NCCN(C)C)nc1. The summed E-state index contributed by atoms with van der Waals surface area (Å²) >= 11 is 0. The van der Waals surface area contributed by atoms with Crippen molar-refractivity contribution in [3.8, 4) is 0 Å². The normalized spacial score (nSPS) is 10.7. The van der Waals surface area contributed by atoms with Gasteiger partial charge in [0.15, 0.2) is 0 Å². The average Bonchev–Trinajstić information content (AvgIpc) is 2.44. The molecule has 1 heterocycles. The fourth-order valence-corrected chi connectivity index (χ4v) is 1.75. The molecule has 1 rings (SSSR count). The minimum absolute atomic E-state index is 0.116. The molecule has 1 aromatic heterocycles. The summed E-state index contributed by atoms with van der Waals surface area (Å²) in [6.07, 6.45) is 4.09. The molecule has 1 aromatic rings. The quantitative estimate of drug-likeness (QED) is 0.785. The van der Waals surface area contributed by atoms with Crippen LogP contribution in [0.5, 0.6) is 0 Å². The number of anilines is 1. The van der Waals surface area contributed by atoms with Crippen molar-refractivity contribution in [2.24, 2.45) is 0 Å². The van der Waals surface area contributed by atoms with Crippen LogP contribution < -0.4 is 10.2 Å². The summed E-state index contributed by atoms with van der Waals surface area (Å²) in [4.78, 5) is 20.3. The number of pyridine rings is 1. The Bertz CT molecular complexity index is 403. The van der Waals surface area contributed by atoms with Crippen LogP contribution in [0.25, 0.3) is 0 Å². The Morgan fingerprint density at radius 3 is 2.55 bits per heavy atom. The highest BCUT2D eigenvalue weighted by Crippen LogP contribution is 2.12. The van der Waals surface area contributed by atoms with Gasteiger partial charge in [-0.15, -0.1) is 0 Å². The maximum Gasteiger partial charge on any atom is 0.269 e. The van der Waals surface area contributed by atoms with E-state index in [-0.39, 0.29) is 5.91 Å². The largest absolute Gasteiger partial charge is 0.373 e. The van der Waals surface area contributed by atoms with Gasteiger partial charge in [0.2, 0.25) is 0 Å². The topological polar surface area (TPSA) is 48.5 Å². The van der Waals surface area contributed by atoms with Crippen LogP contribution in [0, 0.1) is 0 Å². The van der Waals surface area contributed by atoms with E-state index in [0.717, 1.165) is 25.2 Å². The number of carbonyl (C=O) groups is 1. The maximum atomic E-state index is 11.9. The van der Waals surface area contributed by atoms with Crippen LogP contribution in [0.15, 0.2) is 18.3 Å². The number of nitrogens with zero attached hydrogens (tertiary/aromatic N) is 3. The zero-order valence-corrected chi connectivity index (χ0v) is 13.0. The number of hydrogen-bond donors (Lipinski definition) is 1. The lowest BCUT2D eigenvalue weighted by molar-refractivity contribution is 0.0946. The minimum atomic E-state index is -0.116. The van der Waals surface area contributed by atoms with Crippen molar-refractivity contribution >= 4 is 11.6 Å². The summed E-state index contributed by atoms with van der Waals surface area (Å²) < 4.78 is 0. The Labute approximate surface area is 122 Å². The monoisotopic (exact) mass is 278 g/mol. The van der Waals surface area contributed by atoms with Gasteiger partial charge in [0, 0.05) is 26.7 Å². The van der Waals surface area contributed by atoms with E-state index >= 15 is 0 Å². The molecular weight excluding hydrogens is 252 g/mol. The number of unbranched alkanes of at least 4 members (excludes halogenated alkanes) is 1. The smallest absolute Gasteiger partial charge is 0.269 e. The highest BCUT2D eigenvalue weighted by molar-refractivity contribution is 5.92. The molecule has 5 heteroatoms. The van der Waals surface area contributed by atoms with Gasteiger partial charge in [0.1, 0.15) is 5.69 Å². The molecule has 0 unspecified atom stereocenters. The molecule has 0 atom stereocenters. The first kappa shape index (κ1) is 16.4. The van der Waals surface area contributed by atoms with Gasteiger partial charge in [0.25, 0.3) is 5.91 Å². The predicted octanol–water partition coefficient (Wildman–Crippen LogP) is 1.61. The highest BCUT2D eigenvalue weighted by atomic mass is 16.1. The fourth-order valence-electron chi connectivity index (χ4n) is 1.75. The molecule has 112 valence electrons. The van der Waals surface area contributed by atoms with Gasteiger partial charge in [-0.25, -0.2) is 4.98 Å². The molecule has 0 saturated carbocycles. The average molecular weight is 278 g/mol. The molecule has 0 radical (unpaired) electrons. The summed E-state index contributed by atoms with van der Waals surface area (Å²) in [7, 11) is 6.00. The van der Waals surface area contributed by atoms with E-state index < -0.39 is 0 Å². The third kappa shape index (κ3) is 5.57. The molecule has 5 nitrogen and oxygen atoms in total. The number of nitrogens with one attached hydrogen (secondary N) is 1. The third-order valence-corrected chi connectivity index (χ3v) is 3.11. The molecule has 0 spiro atoms. The van der Waals surface area contributed by atoms with E-state index in [0.29, 0.717) is 12.2 Å². The summed E-state index contributed by atoms with van der Waals surface area (Å²) in [5, 5.41) is 2.86. The van der Waals surface area contributed by atoms with Crippen LogP contribution in [0.4, 0.5) is 5.69 Å². The van der Waals surface area contributed by atoms with Crippen LogP contribution in [-0.2, 0) is 0 Å². The van der Waals surface area contributed by atoms with Crippen LogP contribution in [0.1, 0.15) is 30.3 Å². The van der Waals surface area contributed by atoms with E-state index in [1.165, 1.54) is 6.42 Å². The van der Waals surface area contributed by atoms with Crippen molar-refractivity contribution in [1.29, 1.82) is 0 Å². The molecule has 0 fully saturated rings. The van der Waals surface area contributed by atoms with Crippen molar-refractivity contribution in [2.75, 3.05) is 45.7 Å². The third-order valence-electron chi connectivity index (χ3n) is 3.11. The van der Waals surface area contributed by atoms with Crippen LogP contribution >= 0.6 is 0 Å². The lowest BCUT2D eigenvalue weighted by Crippen LogP contribution is -2.31. The summed E-state index contributed by atoms with van der Waals surface area (Å²) in [5.41, 5.74) is 1.51. The fraction of sp³-hybridized carbons (Fsp3) is 0.600. The van der Waals surface area contributed by atoms with Gasteiger partial charge >= 0.3 is 0 Å². The van der Waals surface area contributed by atoms with E-state index in [1.807, 2.05) is 32.1 Å². The zero-order valence-electron chi connectivity index (χ0n) is 13.0. The van der Waals surface area contributed by atoms with Crippen molar-refractivity contribution in [2.45, 2.75) is 19.8 Å². The summed E-state index contributed by atoms with van der Waals surface area (Å²) in [6, 6.07) is 3.73. The number of rotatable bonds is 8. The number of hydrogen-bond acceptors (Lipinski definition) is 4. The Hall–Kier alpha value is -1.62. The molecule has 0 saturated heterocycles. The van der Waals surface area contributed by atoms with Crippen molar-refractivity contribution < 1.29 is 4.79 Å². The molecule has 1 amide bonds. The van der Waals surface area contributed by atoms with Gasteiger partial charge in [0.05, 0.1) is 11.9 Å². The lowest BCUT2D eigenvalue weighted by Gasteiger charge is -2.18. The van der Waals surface area contributed by atoms with Crippen molar-refractivity contribution in [3.63, 3.8) is 0 Å². The summed E-state index contributed by atoms with van der Waals surface area (Å²) in [6.45, 7) is 4.63. The first-order valence-electron chi connectivity index (χ1n) is 7.14. The van der Waals surface area contributed by atoms with Crippen molar-refractivity contribution in [1.82, 2.24) is 15.2 Å². The first-order valence-corrected chi connectivity index (χ1v) is 7.14. The standard InChI is InChI=1S/C15H26N4O/c1-5-6-10-19(4)13-7-8-14(17-12-13)15(20)16-9-11-18(2)3/h7-8,12H,5-6,9-11H2,1-4H3,(H,16,20). The molecule has 0 aliphatic rings. The highest BCUT2D eigenvalue weighted by Gasteiger charge is 2.07. The zero-order chi connectivity index (χ0) is 15.0. The Balaban J connectivity index is 2.50. The van der Waals surface area contributed by atoms with E-state index in [2.05, 4.69) is 22.1 Å². The van der Waals surface area contributed by atoms with Gasteiger partial charge in [-0.3, -0.25) is 4.79 Å². The maximum absolute atomic E-state index is 11.9. The van der Waals surface area contributed by atoms with Gasteiger partial charge in [-0.1, -0.05) is 13.3 Å². The molecule has 0 aromatic carbocycles. The molecular formula is C15H26N4O. The Morgan fingerprint density at radius 2 is 2.00 bits per heavy atom.